The maximum atomic E-state index is 10.5. The van der Waals surface area contributed by atoms with E-state index in [1.54, 1.807) is 0 Å². The molecule has 3 rings (SSSR count). The van der Waals surface area contributed by atoms with Gasteiger partial charge in [0.05, 0.1) is 11.2 Å². The SMILES string of the molecule is CC1(C)OB(c2cccc(C3(N)CC3)c2O)OC1(C)C. The fraction of sp³-hybridized carbons (Fsp3) is 0.600. The molecule has 1 aliphatic heterocycles. The summed E-state index contributed by atoms with van der Waals surface area (Å²) in [6.07, 6.45) is 1.82. The van der Waals surface area contributed by atoms with Gasteiger partial charge in [0, 0.05) is 16.6 Å². The second-order valence-corrected chi connectivity index (χ2v) is 6.99. The Kier molecular flexibility index (Phi) is 2.78. The van der Waals surface area contributed by atoms with E-state index in [9.17, 15) is 5.11 Å². The second kappa shape index (κ2) is 4.00. The minimum atomic E-state index is -0.553. The molecular formula is C15H22BNO3. The van der Waals surface area contributed by atoms with Crippen LogP contribution in [0.4, 0.5) is 0 Å². The average Bonchev–Trinajstić information content (AvgIpc) is 3.01. The summed E-state index contributed by atoms with van der Waals surface area (Å²) in [6.45, 7) is 8.00. The van der Waals surface area contributed by atoms with E-state index in [1.807, 2.05) is 45.9 Å². The van der Waals surface area contributed by atoms with E-state index in [4.69, 9.17) is 15.0 Å². The zero-order chi connectivity index (χ0) is 14.8. The van der Waals surface area contributed by atoms with Crippen molar-refractivity contribution in [3.63, 3.8) is 0 Å². The first-order valence-corrected chi connectivity index (χ1v) is 7.13. The lowest BCUT2D eigenvalue weighted by Crippen LogP contribution is -2.41. The molecule has 108 valence electrons. The number of hydrogen-bond donors (Lipinski definition) is 2. The van der Waals surface area contributed by atoms with Crippen LogP contribution in [0.3, 0.4) is 0 Å². The van der Waals surface area contributed by atoms with Gasteiger partial charge in [0.15, 0.2) is 0 Å². The summed E-state index contributed by atoms with van der Waals surface area (Å²) in [6, 6.07) is 5.63. The van der Waals surface area contributed by atoms with Gasteiger partial charge in [-0.1, -0.05) is 18.2 Å². The van der Waals surface area contributed by atoms with Gasteiger partial charge in [-0.2, -0.15) is 0 Å². The summed E-state index contributed by atoms with van der Waals surface area (Å²) in [5.41, 5.74) is 6.46. The summed E-state index contributed by atoms with van der Waals surface area (Å²) < 4.78 is 12.0. The Bertz CT molecular complexity index is 536. The van der Waals surface area contributed by atoms with Crippen LogP contribution in [0.15, 0.2) is 18.2 Å². The molecule has 1 aliphatic carbocycles. The maximum absolute atomic E-state index is 10.5. The molecule has 2 fully saturated rings. The van der Waals surface area contributed by atoms with E-state index in [1.165, 1.54) is 0 Å². The van der Waals surface area contributed by atoms with Crippen LogP contribution in [-0.2, 0) is 14.8 Å². The molecule has 1 saturated carbocycles. The van der Waals surface area contributed by atoms with Crippen LogP contribution < -0.4 is 11.2 Å². The Hall–Kier alpha value is -1.04. The van der Waals surface area contributed by atoms with Gasteiger partial charge < -0.3 is 20.1 Å². The third kappa shape index (κ3) is 1.96. The molecule has 0 aromatic heterocycles. The summed E-state index contributed by atoms with van der Waals surface area (Å²) in [4.78, 5) is 0. The molecule has 0 spiro atoms. The van der Waals surface area contributed by atoms with Crippen molar-refractivity contribution in [3.8, 4) is 5.75 Å². The van der Waals surface area contributed by atoms with Crippen molar-refractivity contribution in [1.29, 1.82) is 0 Å². The molecule has 3 N–H and O–H groups in total. The average molecular weight is 275 g/mol. The first kappa shape index (κ1) is 13.9. The number of benzene rings is 1. The highest BCUT2D eigenvalue weighted by Crippen LogP contribution is 2.46. The third-order valence-electron chi connectivity index (χ3n) is 4.90. The number of rotatable bonds is 2. The van der Waals surface area contributed by atoms with Crippen molar-refractivity contribution in [2.45, 2.75) is 57.3 Å². The minimum Gasteiger partial charge on any atom is -0.508 e. The molecule has 4 nitrogen and oxygen atoms in total. The van der Waals surface area contributed by atoms with Gasteiger partial charge in [-0.15, -0.1) is 0 Å². The number of phenols is 1. The van der Waals surface area contributed by atoms with Crippen LogP contribution in [0.1, 0.15) is 46.1 Å². The van der Waals surface area contributed by atoms with E-state index in [-0.39, 0.29) is 11.3 Å². The van der Waals surface area contributed by atoms with Crippen LogP contribution >= 0.6 is 0 Å². The van der Waals surface area contributed by atoms with Gasteiger partial charge in [0.25, 0.3) is 0 Å². The second-order valence-electron chi connectivity index (χ2n) is 6.99. The van der Waals surface area contributed by atoms with Crippen LogP contribution in [0, 0.1) is 0 Å². The molecule has 1 heterocycles. The molecule has 0 bridgehead atoms. The van der Waals surface area contributed by atoms with Crippen molar-refractivity contribution in [2.24, 2.45) is 5.73 Å². The first-order chi connectivity index (χ1) is 9.16. The molecule has 1 saturated heterocycles. The summed E-state index contributed by atoms with van der Waals surface area (Å²) in [5.74, 6) is 0.214. The van der Waals surface area contributed by atoms with Crippen molar-refractivity contribution < 1.29 is 14.4 Å². The highest BCUT2D eigenvalue weighted by atomic mass is 16.7. The van der Waals surface area contributed by atoms with E-state index in [0.717, 1.165) is 18.4 Å². The largest absolute Gasteiger partial charge is 0.508 e. The van der Waals surface area contributed by atoms with E-state index in [2.05, 4.69) is 0 Å². The molecule has 5 heteroatoms. The molecule has 0 atom stereocenters. The van der Waals surface area contributed by atoms with E-state index in [0.29, 0.717) is 5.46 Å². The number of para-hydroxylation sites is 1. The summed E-state index contributed by atoms with van der Waals surface area (Å²) >= 11 is 0. The normalized spacial score (nSPS) is 25.8. The van der Waals surface area contributed by atoms with Gasteiger partial charge in [-0.25, -0.2) is 0 Å². The van der Waals surface area contributed by atoms with Gasteiger partial charge in [-0.05, 0) is 40.5 Å². The number of aromatic hydroxyl groups is 1. The third-order valence-corrected chi connectivity index (χ3v) is 4.90. The van der Waals surface area contributed by atoms with Crippen LogP contribution in [0.2, 0.25) is 0 Å². The van der Waals surface area contributed by atoms with Crippen molar-refractivity contribution >= 4 is 12.6 Å². The lowest BCUT2D eigenvalue weighted by atomic mass is 9.76. The zero-order valence-corrected chi connectivity index (χ0v) is 12.6. The van der Waals surface area contributed by atoms with Gasteiger partial charge >= 0.3 is 7.12 Å². The van der Waals surface area contributed by atoms with Gasteiger partial charge in [-0.3, -0.25) is 0 Å². The van der Waals surface area contributed by atoms with Crippen LogP contribution in [-0.4, -0.2) is 23.4 Å². The minimum absolute atomic E-state index is 0.214. The highest BCUT2D eigenvalue weighted by molar-refractivity contribution is 6.63. The number of hydrogen-bond acceptors (Lipinski definition) is 4. The van der Waals surface area contributed by atoms with E-state index >= 15 is 0 Å². The quantitative estimate of drug-likeness (QED) is 0.805. The molecule has 2 aliphatic rings. The highest BCUT2D eigenvalue weighted by Gasteiger charge is 2.53. The lowest BCUT2D eigenvalue weighted by molar-refractivity contribution is 0.00578. The predicted molar refractivity (Wildman–Crippen MR) is 78.9 cm³/mol. The van der Waals surface area contributed by atoms with Gasteiger partial charge in [0.2, 0.25) is 0 Å². The first-order valence-electron chi connectivity index (χ1n) is 7.13. The molecule has 1 aromatic carbocycles. The van der Waals surface area contributed by atoms with Crippen molar-refractivity contribution in [2.75, 3.05) is 0 Å². The number of nitrogens with two attached hydrogens (primary N) is 1. The fourth-order valence-corrected chi connectivity index (χ4v) is 2.53. The maximum Gasteiger partial charge on any atom is 0.498 e. The smallest absolute Gasteiger partial charge is 0.498 e. The van der Waals surface area contributed by atoms with Gasteiger partial charge in [0.1, 0.15) is 5.75 Å². The molecular weight excluding hydrogens is 253 g/mol. The number of phenolic OH excluding ortho intramolecular Hbond substituents is 1. The lowest BCUT2D eigenvalue weighted by Gasteiger charge is -2.32. The Morgan fingerprint density at radius 2 is 1.65 bits per heavy atom. The fourth-order valence-electron chi connectivity index (χ4n) is 2.53. The molecule has 0 amide bonds. The Morgan fingerprint density at radius 3 is 2.15 bits per heavy atom. The summed E-state index contributed by atoms with van der Waals surface area (Å²) in [7, 11) is -0.553. The zero-order valence-electron chi connectivity index (χ0n) is 12.6. The molecule has 1 aromatic rings. The predicted octanol–water partition coefficient (Wildman–Crippen LogP) is 1.64. The summed E-state index contributed by atoms with van der Waals surface area (Å²) in [5, 5.41) is 10.5. The van der Waals surface area contributed by atoms with Crippen LogP contribution in [0.25, 0.3) is 0 Å². The van der Waals surface area contributed by atoms with Crippen molar-refractivity contribution in [1.82, 2.24) is 0 Å². The Balaban J connectivity index is 1.97. The van der Waals surface area contributed by atoms with Crippen molar-refractivity contribution in [3.05, 3.63) is 23.8 Å². The molecule has 0 radical (unpaired) electrons. The Morgan fingerprint density at radius 1 is 1.10 bits per heavy atom. The Labute approximate surface area is 120 Å². The van der Waals surface area contributed by atoms with Crippen LogP contribution in [0.5, 0.6) is 5.75 Å². The molecule has 0 unspecified atom stereocenters. The van der Waals surface area contributed by atoms with E-state index < -0.39 is 18.3 Å². The monoisotopic (exact) mass is 275 g/mol. The topological polar surface area (TPSA) is 64.7 Å². The standard InChI is InChI=1S/C15H22BNO3/c1-13(2)14(3,4)20-16(19-13)11-7-5-6-10(12(11)18)15(17)8-9-15/h5-7,18H,8-9,17H2,1-4H3. The molecule has 20 heavy (non-hydrogen) atoms.